The van der Waals surface area contributed by atoms with Crippen LogP contribution in [0, 0.1) is 0 Å². The number of nitrogens with zero attached hydrogens (tertiary/aromatic N) is 1. The lowest BCUT2D eigenvalue weighted by Gasteiger charge is -2.28. The van der Waals surface area contributed by atoms with Crippen molar-refractivity contribution in [1.82, 2.24) is 4.90 Å². The largest absolute Gasteiger partial charge is 0.378 e. The van der Waals surface area contributed by atoms with Crippen LogP contribution in [0.5, 0.6) is 0 Å². The molecular weight excluding hydrogens is 206 g/mol. The maximum Gasteiger partial charge on any atom is 0.222 e. The van der Waals surface area contributed by atoms with Gasteiger partial charge in [0.1, 0.15) is 0 Å². The molecule has 2 heterocycles. The van der Waals surface area contributed by atoms with Gasteiger partial charge in [0.15, 0.2) is 0 Å². The Morgan fingerprint density at radius 3 is 2.69 bits per heavy atom. The monoisotopic (exact) mass is 227 g/mol. The third-order valence-electron chi connectivity index (χ3n) is 3.32. The number of ether oxygens (including phenoxy) is 2. The maximum absolute atomic E-state index is 11.9. The van der Waals surface area contributed by atoms with Crippen molar-refractivity contribution in [2.45, 2.75) is 38.2 Å². The first-order chi connectivity index (χ1) is 7.86. The number of hydrogen-bond donors (Lipinski definition) is 0. The predicted molar refractivity (Wildman–Crippen MR) is 60.2 cm³/mol. The van der Waals surface area contributed by atoms with E-state index >= 15 is 0 Å². The van der Waals surface area contributed by atoms with Crippen molar-refractivity contribution in [3.8, 4) is 0 Å². The van der Waals surface area contributed by atoms with Gasteiger partial charge in [0.2, 0.25) is 5.91 Å². The van der Waals surface area contributed by atoms with Gasteiger partial charge in [-0.3, -0.25) is 4.79 Å². The Hall–Kier alpha value is -0.610. The molecule has 0 aromatic rings. The second-order valence-corrected chi connectivity index (χ2v) is 4.52. The second-order valence-electron chi connectivity index (χ2n) is 4.52. The summed E-state index contributed by atoms with van der Waals surface area (Å²) in [6, 6.07) is 0. The molecule has 0 aromatic carbocycles. The Morgan fingerprint density at radius 1 is 1.19 bits per heavy atom. The summed E-state index contributed by atoms with van der Waals surface area (Å²) in [5, 5.41) is 0. The second kappa shape index (κ2) is 6.21. The van der Waals surface area contributed by atoms with Gasteiger partial charge < -0.3 is 14.4 Å². The standard InChI is InChI=1S/C12H21NO3/c14-12(13-6-9-15-10-7-13)5-4-11-3-1-2-8-16-11/h11H,1-10H2. The number of morpholine rings is 1. The zero-order chi connectivity index (χ0) is 11.2. The third-order valence-corrected chi connectivity index (χ3v) is 3.32. The van der Waals surface area contributed by atoms with Crippen LogP contribution >= 0.6 is 0 Å². The third kappa shape index (κ3) is 3.46. The molecule has 0 bridgehead atoms. The van der Waals surface area contributed by atoms with Crippen LogP contribution in [0.2, 0.25) is 0 Å². The normalized spacial score (nSPS) is 26.8. The molecule has 0 aromatic heterocycles. The molecule has 1 unspecified atom stereocenters. The van der Waals surface area contributed by atoms with Crippen LogP contribution in [0.4, 0.5) is 0 Å². The van der Waals surface area contributed by atoms with Gasteiger partial charge in [0, 0.05) is 26.1 Å². The van der Waals surface area contributed by atoms with Crippen molar-refractivity contribution >= 4 is 5.91 Å². The zero-order valence-electron chi connectivity index (χ0n) is 9.82. The molecule has 4 heteroatoms. The van der Waals surface area contributed by atoms with Gasteiger partial charge in [-0.1, -0.05) is 0 Å². The van der Waals surface area contributed by atoms with Gasteiger partial charge in [-0.2, -0.15) is 0 Å². The molecule has 92 valence electrons. The Balaban J connectivity index is 1.65. The highest BCUT2D eigenvalue weighted by molar-refractivity contribution is 5.76. The summed E-state index contributed by atoms with van der Waals surface area (Å²) < 4.78 is 10.8. The molecule has 2 fully saturated rings. The number of hydrogen-bond acceptors (Lipinski definition) is 3. The number of amides is 1. The van der Waals surface area contributed by atoms with Gasteiger partial charge in [0.05, 0.1) is 19.3 Å². The first-order valence-corrected chi connectivity index (χ1v) is 6.33. The molecule has 2 saturated heterocycles. The van der Waals surface area contributed by atoms with Gasteiger partial charge in [-0.15, -0.1) is 0 Å². The lowest BCUT2D eigenvalue weighted by Crippen LogP contribution is -2.41. The molecule has 0 spiro atoms. The van der Waals surface area contributed by atoms with Crippen LogP contribution in [0.3, 0.4) is 0 Å². The molecule has 16 heavy (non-hydrogen) atoms. The van der Waals surface area contributed by atoms with E-state index in [1.165, 1.54) is 12.8 Å². The van der Waals surface area contributed by atoms with Crippen molar-refractivity contribution in [2.24, 2.45) is 0 Å². The number of rotatable bonds is 3. The highest BCUT2D eigenvalue weighted by Crippen LogP contribution is 2.17. The van der Waals surface area contributed by atoms with Crippen LogP contribution in [0.15, 0.2) is 0 Å². The minimum absolute atomic E-state index is 0.262. The Labute approximate surface area is 96.9 Å². The fourth-order valence-corrected chi connectivity index (χ4v) is 2.29. The Morgan fingerprint density at radius 2 is 2.00 bits per heavy atom. The molecular formula is C12H21NO3. The Bertz CT molecular complexity index is 220. The molecule has 1 amide bonds. The van der Waals surface area contributed by atoms with Gasteiger partial charge >= 0.3 is 0 Å². The Kier molecular flexibility index (Phi) is 4.60. The number of carbonyl (C=O) groups excluding carboxylic acids is 1. The molecule has 0 N–H and O–H groups in total. The molecule has 0 saturated carbocycles. The fourth-order valence-electron chi connectivity index (χ4n) is 2.29. The van der Waals surface area contributed by atoms with Crippen molar-refractivity contribution < 1.29 is 14.3 Å². The van der Waals surface area contributed by atoms with E-state index in [4.69, 9.17) is 9.47 Å². The van der Waals surface area contributed by atoms with E-state index in [0.717, 1.165) is 32.5 Å². The van der Waals surface area contributed by atoms with E-state index in [-0.39, 0.29) is 5.91 Å². The van der Waals surface area contributed by atoms with E-state index in [9.17, 15) is 4.79 Å². The summed E-state index contributed by atoms with van der Waals surface area (Å²) in [5.41, 5.74) is 0. The van der Waals surface area contributed by atoms with Crippen LogP contribution < -0.4 is 0 Å². The van der Waals surface area contributed by atoms with Crippen LogP contribution in [-0.4, -0.2) is 49.8 Å². The SMILES string of the molecule is O=C(CCC1CCCCO1)N1CCOCC1. The quantitative estimate of drug-likeness (QED) is 0.727. The summed E-state index contributed by atoms with van der Waals surface area (Å²) in [4.78, 5) is 13.8. The first kappa shape index (κ1) is 11.9. The van der Waals surface area contributed by atoms with Crippen LogP contribution in [0.1, 0.15) is 32.1 Å². The van der Waals surface area contributed by atoms with Crippen molar-refractivity contribution in [3.05, 3.63) is 0 Å². The first-order valence-electron chi connectivity index (χ1n) is 6.33. The highest BCUT2D eigenvalue weighted by atomic mass is 16.5. The molecule has 2 aliphatic rings. The molecule has 4 nitrogen and oxygen atoms in total. The van der Waals surface area contributed by atoms with Crippen LogP contribution in [-0.2, 0) is 14.3 Å². The van der Waals surface area contributed by atoms with E-state index < -0.39 is 0 Å². The van der Waals surface area contributed by atoms with E-state index in [2.05, 4.69) is 0 Å². The van der Waals surface area contributed by atoms with Crippen molar-refractivity contribution in [2.75, 3.05) is 32.9 Å². The predicted octanol–water partition coefficient (Wildman–Crippen LogP) is 1.19. The molecule has 1 atom stereocenters. The average molecular weight is 227 g/mol. The lowest BCUT2D eigenvalue weighted by molar-refractivity contribution is -0.136. The van der Waals surface area contributed by atoms with Gasteiger partial charge in [-0.25, -0.2) is 0 Å². The average Bonchev–Trinajstić information content (AvgIpc) is 2.38. The van der Waals surface area contributed by atoms with Gasteiger partial charge in [-0.05, 0) is 25.7 Å². The summed E-state index contributed by atoms with van der Waals surface area (Å²) >= 11 is 0. The summed E-state index contributed by atoms with van der Waals surface area (Å²) in [6.45, 7) is 3.75. The summed E-state index contributed by atoms with van der Waals surface area (Å²) in [6.07, 6.45) is 5.38. The molecule has 2 aliphatic heterocycles. The van der Waals surface area contributed by atoms with E-state index in [1.54, 1.807) is 0 Å². The summed E-state index contributed by atoms with van der Waals surface area (Å²) in [7, 11) is 0. The minimum atomic E-state index is 0.262. The minimum Gasteiger partial charge on any atom is -0.378 e. The molecule has 0 radical (unpaired) electrons. The highest BCUT2D eigenvalue weighted by Gasteiger charge is 2.19. The smallest absolute Gasteiger partial charge is 0.222 e. The van der Waals surface area contributed by atoms with E-state index in [0.29, 0.717) is 25.7 Å². The maximum atomic E-state index is 11.9. The van der Waals surface area contributed by atoms with Crippen molar-refractivity contribution in [3.63, 3.8) is 0 Å². The van der Waals surface area contributed by atoms with Gasteiger partial charge in [0.25, 0.3) is 0 Å². The van der Waals surface area contributed by atoms with Crippen LogP contribution in [0.25, 0.3) is 0 Å². The number of carbonyl (C=O) groups is 1. The van der Waals surface area contributed by atoms with Crippen molar-refractivity contribution in [1.29, 1.82) is 0 Å². The van der Waals surface area contributed by atoms with E-state index in [1.807, 2.05) is 4.90 Å². The fraction of sp³-hybridized carbons (Fsp3) is 0.917. The zero-order valence-corrected chi connectivity index (χ0v) is 9.82. The topological polar surface area (TPSA) is 38.8 Å². The lowest BCUT2D eigenvalue weighted by atomic mass is 10.0. The summed E-state index contributed by atoms with van der Waals surface area (Å²) in [5.74, 6) is 0.262. The molecule has 2 rings (SSSR count). The molecule has 0 aliphatic carbocycles.